The van der Waals surface area contributed by atoms with Crippen molar-refractivity contribution >= 4 is 21.6 Å². The summed E-state index contributed by atoms with van der Waals surface area (Å²) >= 11 is 0. The number of carbonyl (C=O) groups excluding carboxylic acids is 1. The van der Waals surface area contributed by atoms with Crippen LogP contribution in [-0.2, 0) is 10.0 Å². The number of aryl methyl sites for hydroxylation is 1. The van der Waals surface area contributed by atoms with E-state index >= 15 is 0 Å². The lowest BCUT2D eigenvalue weighted by atomic mass is 10.1. The van der Waals surface area contributed by atoms with E-state index < -0.39 is 15.9 Å². The van der Waals surface area contributed by atoms with Gasteiger partial charge in [0.2, 0.25) is 10.0 Å². The third kappa shape index (κ3) is 3.39. The minimum absolute atomic E-state index is 0.0117. The van der Waals surface area contributed by atoms with Crippen molar-refractivity contribution in [3.8, 4) is 5.75 Å². The largest absolute Gasteiger partial charge is 0.508 e. The van der Waals surface area contributed by atoms with Gasteiger partial charge in [0.25, 0.3) is 5.91 Å². The third-order valence-corrected chi connectivity index (χ3v) is 3.88. The summed E-state index contributed by atoms with van der Waals surface area (Å²) in [5.74, 6) is -0.552. The van der Waals surface area contributed by atoms with Crippen LogP contribution in [0.5, 0.6) is 5.75 Å². The smallest absolute Gasteiger partial charge is 0.255 e. The highest BCUT2D eigenvalue weighted by molar-refractivity contribution is 7.89. The summed E-state index contributed by atoms with van der Waals surface area (Å²) in [6.45, 7) is 1.70. The number of hydrogen-bond donors (Lipinski definition) is 3. The van der Waals surface area contributed by atoms with E-state index in [1.54, 1.807) is 19.1 Å². The molecule has 21 heavy (non-hydrogen) atoms. The first-order valence-corrected chi connectivity index (χ1v) is 7.56. The number of hydrogen-bond acceptors (Lipinski definition) is 4. The first kappa shape index (κ1) is 15.0. The second-order valence-corrected chi connectivity index (χ2v) is 6.03. The summed E-state index contributed by atoms with van der Waals surface area (Å²) in [6, 6.07) is 10.3. The molecule has 0 fully saturated rings. The summed E-state index contributed by atoms with van der Waals surface area (Å²) in [6.07, 6.45) is 0. The average molecular weight is 306 g/mol. The fourth-order valence-corrected chi connectivity index (χ4v) is 2.46. The number of sulfonamides is 1. The number of nitrogens with one attached hydrogen (secondary N) is 1. The molecule has 0 unspecified atom stereocenters. The molecule has 2 rings (SSSR count). The molecule has 110 valence electrons. The molecular weight excluding hydrogens is 292 g/mol. The van der Waals surface area contributed by atoms with Gasteiger partial charge in [-0.25, -0.2) is 13.6 Å². The van der Waals surface area contributed by atoms with Gasteiger partial charge in [0.1, 0.15) is 10.6 Å². The maximum absolute atomic E-state index is 12.1. The Morgan fingerprint density at radius 1 is 1.19 bits per heavy atom. The van der Waals surface area contributed by atoms with Crippen LogP contribution in [0.15, 0.2) is 47.4 Å². The molecule has 0 saturated carbocycles. The molecule has 0 spiro atoms. The predicted octanol–water partition coefficient (Wildman–Crippen LogP) is 1.60. The van der Waals surface area contributed by atoms with Crippen LogP contribution in [0.2, 0.25) is 0 Å². The Bertz CT molecular complexity index is 800. The lowest BCUT2D eigenvalue weighted by Gasteiger charge is -2.10. The maximum atomic E-state index is 12.1. The first-order valence-electron chi connectivity index (χ1n) is 6.02. The minimum atomic E-state index is -3.94. The van der Waals surface area contributed by atoms with Gasteiger partial charge in [-0.1, -0.05) is 18.2 Å². The normalized spacial score (nSPS) is 11.1. The van der Waals surface area contributed by atoms with Crippen LogP contribution in [0.1, 0.15) is 15.9 Å². The lowest BCUT2D eigenvalue weighted by Crippen LogP contribution is -2.18. The third-order valence-electron chi connectivity index (χ3n) is 2.91. The molecule has 0 bridgehead atoms. The van der Waals surface area contributed by atoms with Gasteiger partial charge < -0.3 is 10.4 Å². The fraction of sp³-hybridized carbons (Fsp3) is 0.0714. The second kappa shape index (κ2) is 5.55. The summed E-state index contributed by atoms with van der Waals surface area (Å²) in [5.41, 5.74) is 0.934. The molecule has 0 aliphatic rings. The molecule has 0 aliphatic heterocycles. The highest BCUT2D eigenvalue weighted by Crippen LogP contribution is 2.22. The van der Waals surface area contributed by atoms with Gasteiger partial charge in [0.05, 0.1) is 5.69 Å². The molecule has 0 aromatic heterocycles. The van der Waals surface area contributed by atoms with Gasteiger partial charge in [-0.3, -0.25) is 4.79 Å². The number of amides is 1. The van der Waals surface area contributed by atoms with E-state index in [2.05, 4.69) is 5.32 Å². The van der Waals surface area contributed by atoms with E-state index in [-0.39, 0.29) is 21.9 Å². The van der Waals surface area contributed by atoms with Crippen molar-refractivity contribution in [2.75, 3.05) is 5.32 Å². The molecule has 1 amide bonds. The monoisotopic (exact) mass is 306 g/mol. The lowest BCUT2D eigenvalue weighted by molar-refractivity contribution is 0.102. The number of rotatable bonds is 3. The molecule has 6 nitrogen and oxygen atoms in total. The zero-order valence-corrected chi connectivity index (χ0v) is 12.0. The molecule has 4 N–H and O–H groups in total. The average Bonchev–Trinajstić information content (AvgIpc) is 2.41. The number of nitrogens with two attached hydrogens (primary N) is 1. The Morgan fingerprint density at radius 2 is 1.86 bits per heavy atom. The Hall–Kier alpha value is -2.38. The predicted molar refractivity (Wildman–Crippen MR) is 78.6 cm³/mol. The van der Waals surface area contributed by atoms with Crippen LogP contribution < -0.4 is 10.5 Å². The quantitative estimate of drug-likeness (QED) is 0.800. The summed E-state index contributed by atoms with van der Waals surface area (Å²) in [4.78, 5) is 11.9. The molecule has 7 heteroatoms. The molecule has 2 aromatic carbocycles. The van der Waals surface area contributed by atoms with Crippen molar-refractivity contribution in [2.24, 2.45) is 5.14 Å². The van der Waals surface area contributed by atoms with Crippen LogP contribution in [-0.4, -0.2) is 19.4 Å². The van der Waals surface area contributed by atoms with E-state index in [0.717, 1.165) is 0 Å². The Labute approximate surface area is 122 Å². The topological polar surface area (TPSA) is 109 Å². The van der Waals surface area contributed by atoms with Crippen molar-refractivity contribution in [2.45, 2.75) is 11.8 Å². The highest BCUT2D eigenvalue weighted by atomic mass is 32.2. The highest BCUT2D eigenvalue weighted by Gasteiger charge is 2.16. The first-order chi connectivity index (χ1) is 9.79. The molecule has 0 heterocycles. The molecule has 0 saturated heterocycles. The van der Waals surface area contributed by atoms with E-state index in [1.165, 1.54) is 30.3 Å². The van der Waals surface area contributed by atoms with Crippen LogP contribution in [0, 0.1) is 6.92 Å². The molecular formula is C14H14N2O4S. The van der Waals surface area contributed by atoms with Crippen molar-refractivity contribution in [1.29, 1.82) is 0 Å². The van der Waals surface area contributed by atoms with Crippen molar-refractivity contribution in [3.05, 3.63) is 53.6 Å². The molecule has 0 aliphatic carbocycles. The van der Waals surface area contributed by atoms with Crippen molar-refractivity contribution < 1.29 is 18.3 Å². The van der Waals surface area contributed by atoms with Crippen molar-refractivity contribution in [1.82, 2.24) is 0 Å². The van der Waals surface area contributed by atoms with Gasteiger partial charge in [-0.2, -0.15) is 0 Å². The summed E-state index contributed by atoms with van der Waals surface area (Å²) in [7, 11) is -3.94. The van der Waals surface area contributed by atoms with Gasteiger partial charge in [0.15, 0.2) is 0 Å². The Kier molecular flexibility index (Phi) is 3.97. The minimum Gasteiger partial charge on any atom is -0.508 e. The maximum Gasteiger partial charge on any atom is 0.255 e. The van der Waals surface area contributed by atoms with E-state index in [9.17, 15) is 18.3 Å². The molecule has 0 atom stereocenters. The van der Waals surface area contributed by atoms with Crippen LogP contribution in [0.4, 0.5) is 5.69 Å². The zero-order valence-electron chi connectivity index (χ0n) is 11.2. The number of para-hydroxylation sites is 1. The number of phenols is 1. The van der Waals surface area contributed by atoms with Crippen LogP contribution in [0.3, 0.4) is 0 Å². The number of carbonyl (C=O) groups is 1. The van der Waals surface area contributed by atoms with Gasteiger partial charge in [-0.15, -0.1) is 0 Å². The second-order valence-electron chi connectivity index (χ2n) is 4.50. The number of aromatic hydroxyl groups is 1. The van der Waals surface area contributed by atoms with Crippen LogP contribution >= 0.6 is 0 Å². The zero-order chi connectivity index (χ0) is 15.6. The Morgan fingerprint density at radius 3 is 2.48 bits per heavy atom. The van der Waals surface area contributed by atoms with Gasteiger partial charge >= 0.3 is 0 Å². The van der Waals surface area contributed by atoms with Crippen molar-refractivity contribution in [3.63, 3.8) is 0 Å². The van der Waals surface area contributed by atoms with Crippen LogP contribution in [0.25, 0.3) is 0 Å². The SMILES string of the molecule is Cc1ccc(C(=O)Nc2ccccc2S(N)(=O)=O)cc1O. The molecule has 2 aromatic rings. The van der Waals surface area contributed by atoms with Gasteiger partial charge in [-0.05, 0) is 36.8 Å². The standard InChI is InChI=1S/C14H14N2O4S/c1-9-6-7-10(8-12(9)17)14(18)16-11-4-2-3-5-13(11)21(15,19)20/h2-8,17H,1H3,(H,16,18)(H2,15,19,20). The van der Waals surface area contributed by atoms with E-state index in [0.29, 0.717) is 5.56 Å². The summed E-state index contributed by atoms with van der Waals surface area (Å²) < 4.78 is 22.9. The summed E-state index contributed by atoms with van der Waals surface area (Å²) in [5, 5.41) is 17.2. The van der Waals surface area contributed by atoms with E-state index in [1.807, 2.05) is 0 Å². The number of primary sulfonamides is 1. The Balaban J connectivity index is 2.34. The van der Waals surface area contributed by atoms with E-state index in [4.69, 9.17) is 5.14 Å². The van der Waals surface area contributed by atoms with Gasteiger partial charge in [0, 0.05) is 5.56 Å². The number of anilines is 1. The molecule has 0 radical (unpaired) electrons. The number of benzene rings is 2. The number of phenolic OH excluding ortho intramolecular Hbond substituents is 1. The fourth-order valence-electron chi connectivity index (χ4n) is 1.76.